The summed E-state index contributed by atoms with van der Waals surface area (Å²) in [6, 6.07) is 11.4. The highest BCUT2D eigenvalue weighted by Crippen LogP contribution is 2.31. The first-order chi connectivity index (χ1) is 19.2. The van der Waals surface area contributed by atoms with Crippen molar-refractivity contribution < 1.29 is 32.2 Å². The van der Waals surface area contributed by atoms with Crippen LogP contribution in [0, 0.1) is 0 Å². The van der Waals surface area contributed by atoms with Crippen LogP contribution >= 0.6 is 11.6 Å². The van der Waals surface area contributed by atoms with Gasteiger partial charge in [0.05, 0.1) is 29.8 Å². The molecule has 2 heterocycles. The molecule has 0 aliphatic heterocycles. The molecule has 8 nitrogen and oxygen atoms in total. The minimum absolute atomic E-state index is 0.101. The molecule has 40 heavy (non-hydrogen) atoms. The predicted molar refractivity (Wildman–Crippen MR) is 147 cm³/mol. The monoisotopic (exact) mass is 576 g/mol. The van der Waals surface area contributed by atoms with Crippen LogP contribution in [0.2, 0.25) is 5.02 Å². The molecule has 0 amide bonds. The largest absolute Gasteiger partial charge is 0.573 e. The Bertz CT molecular complexity index is 1470. The molecular weight excluding hydrogens is 549 g/mol. The molecule has 0 aliphatic carbocycles. The van der Waals surface area contributed by atoms with Gasteiger partial charge in [-0.2, -0.15) is 0 Å². The van der Waals surface area contributed by atoms with Crippen molar-refractivity contribution in [2.75, 3.05) is 38.7 Å². The quantitative estimate of drug-likeness (QED) is 0.112. The number of alkyl halides is 3. The summed E-state index contributed by atoms with van der Waals surface area (Å²) in [7, 11) is 1.34. The van der Waals surface area contributed by atoms with Crippen molar-refractivity contribution in [3.63, 3.8) is 0 Å². The van der Waals surface area contributed by atoms with E-state index in [2.05, 4.69) is 20.4 Å². The van der Waals surface area contributed by atoms with Gasteiger partial charge >= 0.3 is 12.3 Å². The van der Waals surface area contributed by atoms with Gasteiger partial charge in [0, 0.05) is 54.8 Å². The number of aromatic nitrogens is 2. The number of hydrogen-bond acceptors (Lipinski definition) is 8. The summed E-state index contributed by atoms with van der Waals surface area (Å²) in [5, 5.41) is 9.24. The highest BCUT2D eigenvalue weighted by atomic mass is 35.5. The van der Waals surface area contributed by atoms with Crippen molar-refractivity contribution in [2.45, 2.75) is 25.7 Å². The van der Waals surface area contributed by atoms with Gasteiger partial charge in [-0.1, -0.05) is 23.7 Å². The van der Waals surface area contributed by atoms with Gasteiger partial charge in [-0.3, -0.25) is 4.98 Å². The first-order valence-electron chi connectivity index (χ1n) is 12.6. The molecule has 0 saturated heterocycles. The summed E-state index contributed by atoms with van der Waals surface area (Å²) in [5.74, 6) is -0.127. The van der Waals surface area contributed by atoms with Gasteiger partial charge in [0.2, 0.25) is 0 Å². The van der Waals surface area contributed by atoms with Crippen molar-refractivity contribution in [1.29, 1.82) is 0 Å². The third-order valence-corrected chi connectivity index (χ3v) is 6.29. The first kappa shape index (κ1) is 29.3. The minimum Gasteiger partial charge on any atom is -0.465 e. The van der Waals surface area contributed by atoms with Crippen molar-refractivity contribution in [2.24, 2.45) is 0 Å². The van der Waals surface area contributed by atoms with E-state index in [1.165, 1.54) is 25.3 Å². The molecule has 12 heteroatoms. The lowest BCUT2D eigenvalue weighted by atomic mass is 10.1. The Balaban J connectivity index is 1.18. The van der Waals surface area contributed by atoms with Crippen LogP contribution in [-0.2, 0) is 16.0 Å². The summed E-state index contributed by atoms with van der Waals surface area (Å²) < 4.78 is 51.4. The Kier molecular flexibility index (Phi) is 9.97. The Hall–Kier alpha value is -3.67. The molecule has 0 atom stereocenters. The number of halogens is 4. The third-order valence-electron chi connectivity index (χ3n) is 6.00. The van der Waals surface area contributed by atoms with Gasteiger partial charge in [-0.25, -0.2) is 9.78 Å². The molecule has 2 N–H and O–H groups in total. The predicted octanol–water partition coefficient (Wildman–Crippen LogP) is 6.12. The van der Waals surface area contributed by atoms with Crippen molar-refractivity contribution in [3.8, 4) is 5.75 Å². The molecular formula is C28H28ClF3N4O4. The number of unbranched alkanes of at least 4 members (excludes halogenated alkanes) is 1. The summed E-state index contributed by atoms with van der Waals surface area (Å²) >= 11 is 5.87. The molecule has 212 valence electrons. The zero-order chi connectivity index (χ0) is 28.5. The first-order valence-corrected chi connectivity index (χ1v) is 13.0. The molecule has 0 fully saturated rings. The van der Waals surface area contributed by atoms with Gasteiger partial charge in [0.1, 0.15) is 11.6 Å². The highest BCUT2D eigenvalue weighted by molar-refractivity contribution is 6.32. The SMILES string of the molecule is COC(=O)c1ccc2c(c1)nc(NCCCCOCCNCc1ccc(OC(F)(F)F)c(Cl)c1)c1ccncc12. The maximum absolute atomic E-state index is 12.3. The zero-order valence-corrected chi connectivity index (χ0v) is 22.4. The molecule has 4 rings (SSSR count). The van der Waals surface area contributed by atoms with E-state index >= 15 is 0 Å². The number of carbonyl (C=O) groups is 1. The van der Waals surface area contributed by atoms with Crippen LogP contribution in [0.5, 0.6) is 5.75 Å². The fourth-order valence-corrected chi connectivity index (χ4v) is 4.35. The number of nitrogens with one attached hydrogen (secondary N) is 2. The van der Waals surface area contributed by atoms with E-state index in [1.54, 1.807) is 24.5 Å². The Morgan fingerprint density at radius 1 is 1.00 bits per heavy atom. The number of anilines is 1. The number of carbonyl (C=O) groups excluding carboxylic acids is 1. The van der Waals surface area contributed by atoms with E-state index in [-0.39, 0.29) is 5.02 Å². The maximum Gasteiger partial charge on any atom is 0.573 e. The van der Waals surface area contributed by atoms with E-state index < -0.39 is 18.1 Å². The van der Waals surface area contributed by atoms with Gasteiger partial charge in [0.15, 0.2) is 0 Å². The van der Waals surface area contributed by atoms with E-state index in [1.807, 2.05) is 12.1 Å². The van der Waals surface area contributed by atoms with E-state index in [0.29, 0.717) is 43.9 Å². The minimum atomic E-state index is -4.78. The Morgan fingerprint density at radius 2 is 1.85 bits per heavy atom. The van der Waals surface area contributed by atoms with Crippen molar-refractivity contribution >= 4 is 45.1 Å². The lowest BCUT2D eigenvalue weighted by Gasteiger charge is -2.12. The summed E-state index contributed by atoms with van der Waals surface area (Å²) in [5.41, 5.74) is 1.84. The molecule has 4 aromatic rings. The molecule has 0 unspecified atom stereocenters. The highest BCUT2D eigenvalue weighted by Gasteiger charge is 2.32. The number of rotatable bonds is 13. The number of esters is 1. The lowest BCUT2D eigenvalue weighted by molar-refractivity contribution is -0.274. The smallest absolute Gasteiger partial charge is 0.465 e. The molecule has 0 bridgehead atoms. The molecule has 0 radical (unpaired) electrons. The third kappa shape index (κ3) is 7.93. The van der Waals surface area contributed by atoms with Gasteiger partial charge in [-0.05, 0) is 48.7 Å². The fourth-order valence-electron chi connectivity index (χ4n) is 4.10. The van der Waals surface area contributed by atoms with Crippen molar-refractivity contribution in [3.05, 3.63) is 71.0 Å². The number of hydrogen-bond donors (Lipinski definition) is 2. The normalized spacial score (nSPS) is 11.6. The average molecular weight is 577 g/mol. The second kappa shape index (κ2) is 13.6. The van der Waals surface area contributed by atoms with E-state index in [0.717, 1.165) is 40.4 Å². The zero-order valence-electron chi connectivity index (χ0n) is 21.7. The van der Waals surface area contributed by atoms with Crippen LogP contribution in [0.25, 0.3) is 21.7 Å². The van der Waals surface area contributed by atoms with E-state index in [4.69, 9.17) is 26.1 Å². The van der Waals surface area contributed by atoms with Gasteiger partial charge < -0.3 is 24.8 Å². The standard InChI is InChI=1S/C28H28ClF3N4O4/c1-38-27(37)19-5-6-20-22-17-33-10-8-21(22)26(36-24(20)15-19)35-9-2-3-12-39-13-11-34-16-18-4-7-25(23(29)14-18)40-28(30,31)32/h4-8,10,14-15,17,34H,2-3,9,11-13,16H2,1H3,(H,35,36). The van der Waals surface area contributed by atoms with Crippen LogP contribution in [0.4, 0.5) is 19.0 Å². The fraction of sp³-hybridized carbons (Fsp3) is 0.321. The molecule has 0 spiro atoms. The number of fused-ring (bicyclic) bond motifs is 3. The number of benzene rings is 2. The lowest BCUT2D eigenvalue weighted by Crippen LogP contribution is -2.20. The maximum atomic E-state index is 12.3. The molecule has 2 aromatic heterocycles. The summed E-state index contributed by atoms with van der Waals surface area (Å²) in [4.78, 5) is 20.9. The number of ether oxygens (including phenoxy) is 3. The van der Waals surface area contributed by atoms with Crippen LogP contribution in [0.15, 0.2) is 54.9 Å². The number of pyridine rings is 2. The summed E-state index contributed by atoms with van der Waals surface area (Å²) in [6.07, 6.45) is 0.414. The van der Waals surface area contributed by atoms with Crippen LogP contribution in [0.3, 0.4) is 0 Å². The van der Waals surface area contributed by atoms with Crippen LogP contribution in [-0.4, -0.2) is 55.7 Å². The molecule has 0 aliphatic rings. The second-order valence-corrected chi connectivity index (χ2v) is 9.25. The number of methoxy groups -OCH3 is 1. The average Bonchev–Trinajstić information content (AvgIpc) is 2.94. The molecule has 2 aromatic carbocycles. The van der Waals surface area contributed by atoms with Gasteiger partial charge in [0.25, 0.3) is 0 Å². The Labute approximate surface area is 233 Å². The number of nitrogens with zero attached hydrogens (tertiary/aromatic N) is 2. The second-order valence-electron chi connectivity index (χ2n) is 8.84. The summed E-state index contributed by atoms with van der Waals surface area (Å²) in [6.45, 7) is 2.76. The van der Waals surface area contributed by atoms with Crippen LogP contribution in [0.1, 0.15) is 28.8 Å². The van der Waals surface area contributed by atoms with E-state index in [9.17, 15) is 18.0 Å². The van der Waals surface area contributed by atoms with Crippen molar-refractivity contribution in [1.82, 2.24) is 15.3 Å². The van der Waals surface area contributed by atoms with Crippen LogP contribution < -0.4 is 15.4 Å². The Morgan fingerprint density at radius 3 is 2.62 bits per heavy atom. The van der Waals surface area contributed by atoms with Gasteiger partial charge in [-0.15, -0.1) is 13.2 Å². The molecule has 0 saturated carbocycles. The topological polar surface area (TPSA) is 94.6 Å².